The Balaban J connectivity index is 1.79. The molecule has 120 valence electrons. The van der Waals surface area contributed by atoms with Gasteiger partial charge in [-0.15, -0.1) is 0 Å². The third-order valence-corrected chi connectivity index (χ3v) is 4.78. The van der Waals surface area contributed by atoms with Gasteiger partial charge in [0.15, 0.2) is 0 Å². The SMILES string of the molecule is COc1ccc2cc(C(C)c3nc4ccccc4n3C)ccc2c1. The predicted molar refractivity (Wildman–Crippen MR) is 98.7 cm³/mol. The summed E-state index contributed by atoms with van der Waals surface area (Å²) in [4.78, 5) is 4.84. The maximum Gasteiger partial charge on any atom is 0.119 e. The van der Waals surface area contributed by atoms with Gasteiger partial charge in [0, 0.05) is 13.0 Å². The second-order valence-electron chi connectivity index (χ2n) is 6.21. The topological polar surface area (TPSA) is 27.1 Å². The third kappa shape index (κ3) is 2.33. The lowest BCUT2D eigenvalue weighted by molar-refractivity contribution is 0.415. The lowest BCUT2D eigenvalue weighted by Crippen LogP contribution is -2.04. The van der Waals surface area contributed by atoms with E-state index >= 15 is 0 Å². The number of methoxy groups -OCH3 is 1. The number of ether oxygens (including phenoxy) is 1. The van der Waals surface area contributed by atoms with Gasteiger partial charge in [-0.3, -0.25) is 0 Å². The number of nitrogens with zero attached hydrogens (tertiary/aromatic N) is 2. The van der Waals surface area contributed by atoms with E-state index in [0.29, 0.717) is 0 Å². The minimum atomic E-state index is 0.230. The van der Waals surface area contributed by atoms with E-state index in [4.69, 9.17) is 9.72 Å². The lowest BCUT2D eigenvalue weighted by atomic mass is 9.97. The van der Waals surface area contributed by atoms with Crippen LogP contribution in [0.5, 0.6) is 5.75 Å². The van der Waals surface area contributed by atoms with Gasteiger partial charge in [-0.1, -0.05) is 43.3 Å². The van der Waals surface area contributed by atoms with E-state index in [1.807, 2.05) is 12.1 Å². The van der Waals surface area contributed by atoms with E-state index in [2.05, 4.69) is 67.1 Å². The Morgan fingerprint density at radius 2 is 1.71 bits per heavy atom. The smallest absolute Gasteiger partial charge is 0.119 e. The molecule has 0 bridgehead atoms. The molecule has 0 spiro atoms. The van der Waals surface area contributed by atoms with Crippen LogP contribution in [0.2, 0.25) is 0 Å². The molecule has 0 aliphatic carbocycles. The fourth-order valence-corrected chi connectivity index (χ4v) is 3.34. The molecule has 4 rings (SSSR count). The van der Waals surface area contributed by atoms with Crippen LogP contribution in [-0.4, -0.2) is 16.7 Å². The first-order valence-corrected chi connectivity index (χ1v) is 8.16. The van der Waals surface area contributed by atoms with Crippen molar-refractivity contribution < 1.29 is 4.74 Å². The maximum absolute atomic E-state index is 5.31. The van der Waals surface area contributed by atoms with Crippen LogP contribution in [0.1, 0.15) is 24.2 Å². The summed E-state index contributed by atoms with van der Waals surface area (Å²) in [6.45, 7) is 2.21. The fraction of sp³-hybridized carbons (Fsp3) is 0.190. The predicted octanol–water partition coefficient (Wildman–Crippen LogP) is 4.89. The van der Waals surface area contributed by atoms with Crippen molar-refractivity contribution in [2.24, 2.45) is 7.05 Å². The van der Waals surface area contributed by atoms with Crippen molar-refractivity contribution in [3.63, 3.8) is 0 Å². The molecule has 24 heavy (non-hydrogen) atoms. The Bertz CT molecular complexity index is 1030. The van der Waals surface area contributed by atoms with E-state index in [-0.39, 0.29) is 5.92 Å². The molecule has 1 heterocycles. The van der Waals surface area contributed by atoms with Crippen LogP contribution in [0.3, 0.4) is 0 Å². The van der Waals surface area contributed by atoms with Crippen LogP contribution in [0.15, 0.2) is 60.7 Å². The Morgan fingerprint density at radius 1 is 0.958 bits per heavy atom. The summed E-state index contributed by atoms with van der Waals surface area (Å²) >= 11 is 0. The van der Waals surface area contributed by atoms with Crippen LogP contribution < -0.4 is 4.74 Å². The van der Waals surface area contributed by atoms with Crippen LogP contribution in [0.25, 0.3) is 21.8 Å². The number of rotatable bonds is 3. The van der Waals surface area contributed by atoms with Crippen LogP contribution in [-0.2, 0) is 7.05 Å². The first kappa shape index (κ1) is 14.8. The van der Waals surface area contributed by atoms with Gasteiger partial charge in [0.25, 0.3) is 0 Å². The van der Waals surface area contributed by atoms with E-state index in [1.54, 1.807) is 7.11 Å². The summed E-state index contributed by atoms with van der Waals surface area (Å²) in [5.74, 6) is 2.21. The number of para-hydroxylation sites is 2. The zero-order valence-corrected chi connectivity index (χ0v) is 14.2. The molecule has 0 saturated heterocycles. The van der Waals surface area contributed by atoms with E-state index < -0.39 is 0 Å². The largest absolute Gasteiger partial charge is 0.497 e. The molecule has 3 nitrogen and oxygen atoms in total. The molecule has 4 aromatic rings. The Hall–Kier alpha value is -2.81. The van der Waals surface area contributed by atoms with E-state index in [0.717, 1.165) is 17.1 Å². The highest BCUT2D eigenvalue weighted by Crippen LogP contribution is 2.29. The number of hydrogen-bond acceptors (Lipinski definition) is 2. The van der Waals surface area contributed by atoms with Crippen molar-refractivity contribution in [3.05, 3.63) is 72.1 Å². The first-order chi connectivity index (χ1) is 11.7. The molecule has 3 heteroatoms. The molecule has 0 saturated carbocycles. The number of hydrogen-bond donors (Lipinski definition) is 0. The van der Waals surface area contributed by atoms with Gasteiger partial charge in [-0.05, 0) is 40.6 Å². The Labute approximate surface area is 141 Å². The van der Waals surface area contributed by atoms with Gasteiger partial charge < -0.3 is 9.30 Å². The maximum atomic E-state index is 5.31. The average Bonchev–Trinajstić information content (AvgIpc) is 2.97. The zero-order chi connectivity index (χ0) is 16.7. The molecule has 3 aromatic carbocycles. The quantitative estimate of drug-likeness (QED) is 0.538. The molecular formula is C21H20N2O. The standard InChI is InChI=1S/C21H20N2O/c1-14(21-22-19-6-4-5-7-20(19)23(21)2)15-8-9-17-13-18(24-3)11-10-16(17)12-15/h4-14H,1-3H3. The first-order valence-electron chi connectivity index (χ1n) is 8.16. The normalized spacial score (nSPS) is 12.6. The van der Waals surface area contributed by atoms with Crippen LogP contribution >= 0.6 is 0 Å². The molecule has 0 aliphatic rings. The van der Waals surface area contributed by atoms with Crippen molar-refractivity contribution in [3.8, 4) is 5.75 Å². The number of aromatic nitrogens is 2. The lowest BCUT2D eigenvalue weighted by Gasteiger charge is -2.13. The summed E-state index contributed by atoms with van der Waals surface area (Å²) in [7, 11) is 3.79. The highest BCUT2D eigenvalue weighted by molar-refractivity contribution is 5.85. The van der Waals surface area contributed by atoms with Gasteiger partial charge in [-0.2, -0.15) is 0 Å². The van der Waals surface area contributed by atoms with Crippen molar-refractivity contribution in [2.45, 2.75) is 12.8 Å². The van der Waals surface area contributed by atoms with Gasteiger partial charge in [0.1, 0.15) is 11.6 Å². The molecule has 0 aliphatic heterocycles. The van der Waals surface area contributed by atoms with Crippen LogP contribution in [0, 0.1) is 0 Å². The van der Waals surface area contributed by atoms with E-state index in [9.17, 15) is 0 Å². The van der Waals surface area contributed by atoms with Gasteiger partial charge >= 0.3 is 0 Å². The molecule has 0 fully saturated rings. The van der Waals surface area contributed by atoms with Gasteiger partial charge in [-0.25, -0.2) is 4.98 Å². The zero-order valence-electron chi connectivity index (χ0n) is 14.2. The second kappa shape index (κ2) is 5.68. The van der Waals surface area contributed by atoms with Gasteiger partial charge in [0.05, 0.1) is 18.1 Å². The average molecular weight is 316 g/mol. The number of benzene rings is 3. The molecular weight excluding hydrogens is 296 g/mol. The number of fused-ring (bicyclic) bond motifs is 2. The van der Waals surface area contributed by atoms with Crippen molar-refractivity contribution in [2.75, 3.05) is 7.11 Å². The molecule has 1 atom stereocenters. The molecule has 0 N–H and O–H groups in total. The van der Waals surface area contributed by atoms with E-state index in [1.165, 1.54) is 21.9 Å². The highest BCUT2D eigenvalue weighted by Gasteiger charge is 2.16. The number of aryl methyl sites for hydroxylation is 1. The monoisotopic (exact) mass is 316 g/mol. The summed E-state index contributed by atoms with van der Waals surface area (Å²) in [5.41, 5.74) is 3.49. The summed E-state index contributed by atoms with van der Waals surface area (Å²) in [6.07, 6.45) is 0. The number of imidazole rings is 1. The Morgan fingerprint density at radius 3 is 2.50 bits per heavy atom. The third-order valence-electron chi connectivity index (χ3n) is 4.78. The van der Waals surface area contributed by atoms with Crippen LogP contribution in [0.4, 0.5) is 0 Å². The minimum Gasteiger partial charge on any atom is -0.497 e. The van der Waals surface area contributed by atoms with Crippen molar-refractivity contribution in [1.82, 2.24) is 9.55 Å². The molecule has 0 amide bonds. The molecule has 1 aromatic heterocycles. The summed E-state index contributed by atoms with van der Waals surface area (Å²) in [6, 6.07) is 21.1. The highest BCUT2D eigenvalue weighted by atomic mass is 16.5. The minimum absolute atomic E-state index is 0.230. The fourth-order valence-electron chi connectivity index (χ4n) is 3.34. The van der Waals surface area contributed by atoms with Crippen molar-refractivity contribution in [1.29, 1.82) is 0 Å². The summed E-state index contributed by atoms with van der Waals surface area (Å²) < 4.78 is 7.50. The molecule has 1 unspecified atom stereocenters. The van der Waals surface area contributed by atoms with Crippen molar-refractivity contribution >= 4 is 21.8 Å². The summed E-state index contributed by atoms with van der Waals surface area (Å²) in [5, 5.41) is 2.41. The Kier molecular flexibility index (Phi) is 3.49. The van der Waals surface area contributed by atoms with Gasteiger partial charge in [0.2, 0.25) is 0 Å². The second-order valence-corrected chi connectivity index (χ2v) is 6.21. The molecule has 0 radical (unpaired) electrons.